The van der Waals surface area contributed by atoms with Crippen LogP contribution in [0.4, 0.5) is 0 Å². The number of carbonyl (C=O) groups excluding carboxylic acids is 1. The lowest BCUT2D eigenvalue weighted by molar-refractivity contribution is -0.123. The van der Waals surface area contributed by atoms with Gasteiger partial charge in [-0.2, -0.15) is 0 Å². The van der Waals surface area contributed by atoms with Crippen molar-refractivity contribution in [2.45, 2.75) is 302 Å². The quantitative estimate of drug-likeness (QED) is 0.0423. The molecule has 0 bridgehead atoms. The summed E-state index contributed by atoms with van der Waals surface area (Å²) in [6.07, 6.45) is 68.7. The van der Waals surface area contributed by atoms with Gasteiger partial charge < -0.3 is 15.5 Å². The van der Waals surface area contributed by atoms with E-state index in [2.05, 4.69) is 43.5 Å². The third-order valence-corrected chi connectivity index (χ3v) is 12.4. The normalized spacial score (nSPS) is 13.1. The molecule has 2 unspecified atom stereocenters. The highest BCUT2D eigenvalue weighted by atomic mass is 16.3. The van der Waals surface area contributed by atoms with Crippen LogP contribution >= 0.6 is 0 Å². The average Bonchev–Trinajstić information content (AvgIpc) is 3.24. The second-order valence-corrected chi connectivity index (χ2v) is 18.3. The van der Waals surface area contributed by atoms with Crippen LogP contribution in [-0.2, 0) is 4.79 Å². The summed E-state index contributed by atoms with van der Waals surface area (Å²) < 4.78 is 0. The van der Waals surface area contributed by atoms with Gasteiger partial charge in [-0.1, -0.05) is 275 Å². The molecule has 0 aromatic rings. The molecule has 0 rings (SSSR count). The van der Waals surface area contributed by atoms with Crippen LogP contribution in [-0.4, -0.2) is 34.9 Å². The Balaban J connectivity index is 3.55. The monoisotopic (exact) mass is 828 g/mol. The van der Waals surface area contributed by atoms with Crippen molar-refractivity contribution in [3.8, 4) is 0 Å². The van der Waals surface area contributed by atoms with E-state index >= 15 is 0 Å². The van der Waals surface area contributed by atoms with Gasteiger partial charge in [0.15, 0.2) is 0 Å². The van der Waals surface area contributed by atoms with Gasteiger partial charge in [0, 0.05) is 6.42 Å². The standard InChI is InChI=1S/C55H105NO3/c1-3-5-7-9-11-13-15-17-19-21-23-25-26-27-28-29-30-31-32-34-36-38-40-42-44-46-48-50-54(58)53(52-57)56-55(59)51-49-47-45-43-41-39-37-35-33-24-22-20-18-16-14-12-10-8-6-4-2/h32,34,40,42,48,50,53-54,57-58H,3-31,33,35-39,41,43-47,49,51-52H2,1-2H3,(H,56,59)/b34-32+,42-40+,50-48+. The lowest BCUT2D eigenvalue weighted by Crippen LogP contribution is -2.45. The molecule has 0 saturated heterocycles. The lowest BCUT2D eigenvalue weighted by atomic mass is 10.0. The van der Waals surface area contributed by atoms with Gasteiger partial charge in [0.2, 0.25) is 5.91 Å². The Morgan fingerprint density at radius 1 is 0.390 bits per heavy atom. The minimum absolute atomic E-state index is 0.0730. The Morgan fingerprint density at radius 2 is 0.661 bits per heavy atom. The van der Waals surface area contributed by atoms with E-state index in [1.165, 1.54) is 231 Å². The van der Waals surface area contributed by atoms with E-state index in [0.29, 0.717) is 6.42 Å². The maximum absolute atomic E-state index is 12.4. The largest absolute Gasteiger partial charge is 0.394 e. The number of nitrogens with one attached hydrogen (secondary N) is 1. The molecule has 59 heavy (non-hydrogen) atoms. The fourth-order valence-electron chi connectivity index (χ4n) is 8.27. The van der Waals surface area contributed by atoms with Crippen LogP contribution in [0.3, 0.4) is 0 Å². The molecule has 0 fully saturated rings. The number of carbonyl (C=O) groups is 1. The fraction of sp³-hybridized carbons (Fsp3) is 0.873. The van der Waals surface area contributed by atoms with E-state index < -0.39 is 12.1 Å². The lowest BCUT2D eigenvalue weighted by Gasteiger charge is -2.19. The van der Waals surface area contributed by atoms with Crippen LogP contribution in [0.25, 0.3) is 0 Å². The van der Waals surface area contributed by atoms with Gasteiger partial charge in [-0.3, -0.25) is 4.79 Å². The number of hydrogen-bond donors (Lipinski definition) is 3. The number of rotatable bonds is 49. The Morgan fingerprint density at radius 3 is 0.983 bits per heavy atom. The number of allylic oxidation sites excluding steroid dienone is 5. The van der Waals surface area contributed by atoms with Crippen LogP contribution in [0.2, 0.25) is 0 Å². The zero-order chi connectivity index (χ0) is 42.8. The van der Waals surface area contributed by atoms with E-state index in [4.69, 9.17) is 0 Å². The highest BCUT2D eigenvalue weighted by Crippen LogP contribution is 2.17. The van der Waals surface area contributed by atoms with E-state index in [-0.39, 0.29) is 12.5 Å². The maximum Gasteiger partial charge on any atom is 0.220 e. The minimum Gasteiger partial charge on any atom is -0.394 e. The molecule has 0 spiro atoms. The molecule has 0 radical (unpaired) electrons. The van der Waals surface area contributed by atoms with Crippen molar-refractivity contribution in [3.63, 3.8) is 0 Å². The molecule has 4 nitrogen and oxygen atoms in total. The Bertz CT molecular complexity index is 897. The molecule has 1 amide bonds. The molecule has 0 saturated carbocycles. The summed E-state index contributed by atoms with van der Waals surface area (Å²) >= 11 is 0. The molecule has 0 aliphatic rings. The average molecular weight is 828 g/mol. The van der Waals surface area contributed by atoms with Crippen LogP contribution in [0.1, 0.15) is 290 Å². The minimum atomic E-state index is -0.868. The van der Waals surface area contributed by atoms with Crippen LogP contribution in [0.5, 0.6) is 0 Å². The van der Waals surface area contributed by atoms with Gasteiger partial charge in [0.25, 0.3) is 0 Å². The van der Waals surface area contributed by atoms with Gasteiger partial charge >= 0.3 is 0 Å². The molecule has 0 aliphatic carbocycles. The second kappa shape index (κ2) is 51.0. The van der Waals surface area contributed by atoms with Crippen molar-refractivity contribution in [1.29, 1.82) is 0 Å². The summed E-state index contributed by atoms with van der Waals surface area (Å²) in [6, 6.07) is -0.643. The molecular weight excluding hydrogens is 723 g/mol. The predicted octanol–water partition coefficient (Wildman–Crippen LogP) is 17.3. The summed E-state index contributed by atoms with van der Waals surface area (Å²) in [5, 5.41) is 23.1. The van der Waals surface area contributed by atoms with Crippen molar-refractivity contribution in [2.24, 2.45) is 0 Å². The van der Waals surface area contributed by atoms with Crippen molar-refractivity contribution in [1.82, 2.24) is 5.32 Å². The summed E-state index contributed by atoms with van der Waals surface area (Å²) in [5.41, 5.74) is 0. The van der Waals surface area contributed by atoms with Gasteiger partial charge in [0.1, 0.15) is 0 Å². The molecule has 4 heteroatoms. The third kappa shape index (κ3) is 47.5. The molecule has 2 atom stereocenters. The summed E-state index contributed by atoms with van der Waals surface area (Å²) in [4.78, 5) is 12.4. The van der Waals surface area contributed by atoms with Gasteiger partial charge in [0.05, 0.1) is 18.8 Å². The van der Waals surface area contributed by atoms with E-state index in [1.807, 2.05) is 6.08 Å². The van der Waals surface area contributed by atoms with E-state index in [0.717, 1.165) is 38.5 Å². The van der Waals surface area contributed by atoms with E-state index in [9.17, 15) is 15.0 Å². The molecule has 348 valence electrons. The summed E-state index contributed by atoms with van der Waals surface area (Å²) in [5.74, 6) is -0.0730. The zero-order valence-electron chi connectivity index (χ0n) is 40.0. The molecule has 0 aromatic heterocycles. The zero-order valence-corrected chi connectivity index (χ0v) is 40.0. The first-order valence-electron chi connectivity index (χ1n) is 26.7. The highest BCUT2D eigenvalue weighted by molar-refractivity contribution is 5.76. The molecule has 0 aromatic carbocycles. The molecular formula is C55H105NO3. The SMILES string of the molecule is CCCCCCCCCCCCCCCCCCC/C=C/CC/C=C/CC/C=C/C(O)C(CO)NC(=O)CCCCCCCCCCCCCCCCCCCCCC. The van der Waals surface area contributed by atoms with Gasteiger partial charge in [-0.05, 0) is 44.9 Å². The fourth-order valence-corrected chi connectivity index (χ4v) is 8.27. The Labute approximate surface area is 370 Å². The van der Waals surface area contributed by atoms with E-state index in [1.54, 1.807) is 6.08 Å². The maximum atomic E-state index is 12.4. The molecule has 0 aliphatic heterocycles. The first-order chi connectivity index (χ1) is 29.2. The number of unbranched alkanes of at least 4 members (excludes halogenated alkanes) is 38. The van der Waals surface area contributed by atoms with Gasteiger partial charge in [-0.15, -0.1) is 0 Å². The van der Waals surface area contributed by atoms with Crippen molar-refractivity contribution in [2.75, 3.05) is 6.61 Å². The number of amides is 1. The number of aliphatic hydroxyl groups is 2. The Hall–Kier alpha value is -1.39. The number of aliphatic hydroxyl groups excluding tert-OH is 2. The predicted molar refractivity (Wildman–Crippen MR) is 262 cm³/mol. The Kier molecular flexibility index (Phi) is 49.8. The topological polar surface area (TPSA) is 69.6 Å². The van der Waals surface area contributed by atoms with Gasteiger partial charge in [-0.25, -0.2) is 0 Å². The van der Waals surface area contributed by atoms with Crippen LogP contribution in [0.15, 0.2) is 36.5 Å². The second-order valence-electron chi connectivity index (χ2n) is 18.3. The first-order valence-corrected chi connectivity index (χ1v) is 26.7. The molecule has 3 N–H and O–H groups in total. The first kappa shape index (κ1) is 57.6. The number of hydrogen-bond acceptors (Lipinski definition) is 3. The van der Waals surface area contributed by atoms with Crippen molar-refractivity contribution < 1.29 is 15.0 Å². The van der Waals surface area contributed by atoms with Crippen molar-refractivity contribution >= 4 is 5.91 Å². The van der Waals surface area contributed by atoms with Crippen LogP contribution < -0.4 is 5.32 Å². The molecule has 0 heterocycles. The third-order valence-electron chi connectivity index (χ3n) is 12.4. The summed E-state index contributed by atoms with van der Waals surface area (Å²) in [7, 11) is 0. The smallest absolute Gasteiger partial charge is 0.220 e. The summed E-state index contributed by atoms with van der Waals surface area (Å²) in [6.45, 7) is 4.32. The highest BCUT2D eigenvalue weighted by Gasteiger charge is 2.17. The van der Waals surface area contributed by atoms with Crippen molar-refractivity contribution in [3.05, 3.63) is 36.5 Å². The van der Waals surface area contributed by atoms with Crippen LogP contribution in [0, 0.1) is 0 Å².